The van der Waals surface area contributed by atoms with E-state index in [1.165, 1.54) is 5.56 Å². The molecule has 4 heteroatoms. The summed E-state index contributed by atoms with van der Waals surface area (Å²) in [6.45, 7) is 8.51. The Balaban J connectivity index is 1.66. The lowest BCUT2D eigenvalue weighted by molar-refractivity contribution is -0.133. The van der Waals surface area contributed by atoms with Gasteiger partial charge in [-0.05, 0) is 56.5 Å². The standard InChI is InChI=1S/C18H28N2O2/c1-3-19-14-16-7-10-20(11-8-16)18(21)9-12-22-17-6-4-5-15(2)13-17/h4-6,13,16,19H,3,7-12,14H2,1-2H3. The molecule has 1 aromatic rings. The van der Waals surface area contributed by atoms with Gasteiger partial charge in [0.1, 0.15) is 5.75 Å². The predicted octanol–water partition coefficient (Wildman–Crippen LogP) is 2.61. The fourth-order valence-corrected chi connectivity index (χ4v) is 2.85. The molecule has 0 saturated carbocycles. The Bertz CT molecular complexity index is 468. The number of hydrogen-bond acceptors (Lipinski definition) is 3. The van der Waals surface area contributed by atoms with Gasteiger partial charge in [0, 0.05) is 13.1 Å². The number of amides is 1. The molecule has 1 aliphatic heterocycles. The van der Waals surface area contributed by atoms with Crippen LogP contribution in [0.4, 0.5) is 0 Å². The minimum absolute atomic E-state index is 0.217. The summed E-state index contributed by atoms with van der Waals surface area (Å²) < 4.78 is 5.67. The molecule has 0 bridgehead atoms. The van der Waals surface area contributed by atoms with Crippen molar-refractivity contribution in [1.29, 1.82) is 0 Å². The van der Waals surface area contributed by atoms with Crippen LogP contribution >= 0.6 is 0 Å². The topological polar surface area (TPSA) is 41.6 Å². The van der Waals surface area contributed by atoms with Crippen LogP contribution in [-0.2, 0) is 4.79 Å². The number of rotatable bonds is 7. The van der Waals surface area contributed by atoms with Gasteiger partial charge >= 0.3 is 0 Å². The maximum absolute atomic E-state index is 12.2. The summed E-state index contributed by atoms with van der Waals surface area (Å²) in [6, 6.07) is 7.94. The lowest BCUT2D eigenvalue weighted by atomic mass is 9.96. The molecular formula is C18H28N2O2. The smallest absolute Gasteiger partial charge is 0.225 e. The molecule has 0 atom stereocenters. The van der Waals surface area contributed by atoms with Crippen molar-refractivity contribution >= 4 is 5.91 Å². The van der Waals surface area contributed by atoms with E-state index in [-0.39, 0.29) is 5.91 Å². The maximum atomic E-state index is 12.2. The molecule has 1 fully saturated rings. The zero-order valence-corrected chi connectivity index (χ0v) is 13.8. The molecule has 2 rings (SSSR count). The first-order valence-corrected chi connectivity index (χ1v) is 8.37. The van der Waals surface area contributed by atoms with Crippen molar-refractivity contribution in [2.75, 3.05) is 32.8 Å². The molecule has 1 saturated heterocycles. The third kappa shape index (κ3) is 5.34. The molecule has 122 valence electrons. The van der Waals surface area contributed by atoms with Crippen LogP contribution in [0.15, 0.2) is 24.3 Å². The average Bonchev–Trinajstić information content (AvgIpc) is 2.53. The number of piperidine rings is 1. The number of likely N-dealkylation sites (tertiary alicyclic amines) is 1. The Hall–Kier alpha value is -1.55. The summed E-state index contributed by atoms with van der Waals surface area (Å²) in [7, 11) is 0. The lowest BCUT2D eigenvalue weighted by Gasteiger charge is -2.32. The second kappa shape index (κ2) is 8.79. The molecule has 22 heavy (non-hydrogen) atoms. The first-order chi connectivity index (χ1) is 10.7. The largest absolute Gasteiger partial charge is 0.493 e. The molecule has 0 unspecified atom stereocenters. The number of benzene rings is 1. The molecule has 1 amide bonds. The zero-order chi connectivity index (χ0) is 15.8. The molecule has 0 spiro atoms. The summed E-state index contributed by atoms with van der Waals surface area (Å²) in [4.78, 5) is 14.2. The van der Waals surface area contributed by atoms with Crippen LogP contribution < -0.4 is 10.1 Å². The highest BCUT2D eigenvalue weighted by molar-refractivity contribution is 5.76. The molecule has 0 aromatic heterocycles. The fraction of sp³-hybridized carbons (Fsp3) is 0.611. The first-order valence-electron chi connectivity index (χ1n) is 8.37. The van der Waals surface area contributed by atoms with Crippen LogP contribution in [0.2, 0.25) is 0 Å². The Kier molecular flexibility index (Phi) is 6.72. The quantitative estimate of drug-likeness (QED) is 0.842. The SMILES string of the molecule is CCNCC1CCN(C(=O)CCOc2cccc(C)c2)CC1. The first kappa shape index (κ1) is 16.8. The number of hydrogen-bond donors (Lipinski definition) is 1. The van der Waals surface area contributed by atoms with Gasteiger partial charge in [0.05, 0.1) is 13.0 Å². The Morgan fingerprint density at radius 2 is 2.14 bits per heavy atom. The van der Waals surface area contributed by atoms with Gasteiger partial charge in [-0.3, -0.25) is 4.79 Å². The Morgan fingerprint density at radius 3 is 2.82 bits per heavy atom. The van der Waals surface area contributed by atoms with Gasteiger partial charge in [0.15, 0.2) is 0 Å². The second-order valence-corrected chi connectivity index (χ2v) is 6.05. The Morgan fingerprint density at radius 1 is 1.36 bits per heavy atom. The van der Waals surface area contributed by atoms with E-state index < -0.39 is 0 Å². The summed E-state index contributed by atoms with van der Waals surface area (Å²) in [5.41, 5.74) is 1.17. The van der Waals surface area contributed by atoms with E-state index in [1.54, 1.807) is 0 Å². The highest BCUT2D eigenvalue weighted by Gasteiger charge is 2.22. The van der Waals surface area contributed by atoms with Crippen LogP contribution in [0.1, 0.15) is 31.7 Å². The van der Waals surface area contributed by atoms with Gasteiger partial charge in [-0.1, -0.05) is 19.1 Å². The predicted molar refractivity (Wildman–Crippen MR) is 89.1 cm³/mol. The number of carbonyl (C=O) groups is 1. The van der Waals surface area contributed by atoms with E-state index in [9.17, 15) is 4.79 Å². The zero-order valence-electron chi connectivity index (χ0n) is 13.8. The minimum atomic E-state index is 0.217. The molecular weight excluding hydrogens is 276 g/mol. The van der Waals surface area contributed by atoms with Crippen LogP contribution in [0.3, 0.4) is 0 Å². The summed E-state index contributed by atoms with van der Waals surface area (Å²) in [6.07, 6.45) is 2.68. The second-order valence-electron chi connectivity index (χ2n) is 6.05. The third-order valence-electron chi connectivity index (χ3n) is 4.22. The van der Waals surface area contributed by atoms with Gasteiger partial charge < -0.3 is 15.0 Å². The van der Waals surface area contributed by atoms with Crippen molar-refractivity contribution in [2.45, 2.75) is 33.1 Å². The van der Waals surface area contributed by atoms with Gasteiger partial charge in [0.2, 0.25) is 5.91 Å². The highest BCUT2D eigenvalue weighted by Crippen LogP contribution is 2.17. The number of aryl methyl sites for hydroxylation is 1. The van der Waals surface area contributed by atoms with E-state index in [1.807, 2.05) is 36.1 Å². The summed E-state index contributed by atoms with van der Waals surface area (Å²) >= 11 is 0. The minimum Gasteiger partial charge on any atom is -0.493 e. The molecule has 1 aliphatic rings. The third-order valence-corrected chi connectivity index (χ3v) is 4.22. The van der Waals surface area contributed by atoms with Gasteiger partial charge in [-0.15, -0.1) is 0 Å². The number of ether oxygens (including phenoxy) is 1. The molecule has 1 heterocycles. The van der Waals surface area contributed by atoms with E-state index in [4.69, 9.17) is 4.74 Å². The summed E-state index contributed by atoms with van der Waals surface area (Å²) in [5.74, 6) is 1.78. The fourth-order valence-electron chi connectivity index (χ4n) is 2.85. The molecule has 4 nitrogen and oxygen atoms in total. The van der Waals surface area contributed by atoms with Gasteiger partial charge in [0.25, 0.3) is 0 Å². The van der Waals surface area contributed by atoms with Crippen molar-refractivity contribution in [1.82, 2.24) is 10.2 Å². The molecule has 1 N–H and O–H groups in total. The normalized spacial score (nSPS) is 15.8. The Labute approximate surface area is 133 Å². The van der Waals surface area contributed by atoms with Crippen molar-refractivity contribution < 1.29 is 9.53 Å². The average molecular weight is 304 g/mol. The van der Waals surface area contributed by atoms with E-state index >= 15 is 0 Å². The molecule has 0 radical (unpaired) electrons. The molecule has 0 aliphatic carbocycles. The van der Waals surface area contributed by atoms with Gasteiger partial charge in [-0.2, -0.15) is 0 Å². The van der Waals surface area contributed by atoms with Crippen LogP contribution in [0.5, 0.6) is 5.75 Å². The summed E-state index contributed by atoms with van der Waals surface area (Å²) in [5, 5.41) is 3.40. The van der Waals surface area contributed by atoms with E-state index in [2.05, 4.69) is 12.2 Å². The van der Waals surface area contributed by atoms with Crippen molar-refractivity contribution in [3.63, 3.8) is 0 Å². The van der Waals surface area contributed by atoms with Crippen molar-refractivity contribution in [2.24, 2.45) is 5.92 Å². The maximum Gasteiger partial charge on any atom is 0.225 e. The van der Waals surface area contributed by atoms with E-state index in [0.717, 1.165) is 44.8 Å². The monoisotopic (exact) mass is 304 g/mol. The van der Waals surface area contributed by atoms with Crippen molar-refractivity contribution in [3.05, 3.63) is 29.8 Å². The highest BCUT2D eigenvalue weighted by atomic mass is 16.5. The van der Waals surface area contributed by atoms with Crippen LogP contribution in [0.25, 0.3) is 0 Å². The lowest BCUT2D eigenvalue weighted by Crippen LogP contribution is -2.41. The number of carbonyl (C=O) groups excluding carboxylic acids is 1. The van der Waals surface area contributed by atoms with Crippen LogP contribution in [-0.4, -0.2) is 43.6 Å². The van der Waals surface area contributed by atoms with Crippen molar-refractivity contribution in [3.8, 4) is 5.75 Å². The van der Waals surface area contributed by atoms with Crippen LogP contribution in [0, 0.1) is 12.8 Å². The van der Waals surface area contributed by atoms with Gasteiger partial charge in [-0.25, -0.2) is 0 Å². The number of nitrogens with one attached hydrogen (secondary N) is 1. The van der Waals surface area contributed by atoms with E-state index in [0.29, 0.717) is 18.9 Å². The molecule has 1 aromatic carbocycles. The number of nitrogens with zero attached hydrogens (tertiary/aromatic N) is 1.